The molecule has 0 saturated heterocycles. The Morgan fingerprint density at radius 1 is 1.33 bits per heavy atom. The summed E-state index contributed by atoms with van der Waals surface area (Å²) < 4.78 is 15.4. The van der Waals surface area contributed by atoms with E-state index in [2.05, 4.69) is 6.58 Å². The highest BCUT2D eigenvalue weighted by atomic mass is 16.5. The molecule has 0 saturated carbocycles. The van der Waals surface area contributed by atoms with E-state index in [1.807, 2.05) is 24.3 Å². The lowest BCUT2D eigenvalue weighted by Crippen LogP contribution is -2.31. The van der Waals surface area contributed by atoms with E-state index in [-0.39, 0.29) is 12.2 Å². The molecule has 5 nitrogen and oxygen atoms in total. The molecular formula is C16H22O5. The topological polar surface area (TPSA) is 65.0 Å². The Balaban J connectivity index is 2.49. The van der Waals surface area contributed by atoms with Gasteiger partial charge in [0.05, 0.1) is 32.0 Å². The van der Waals surface area contributed by atoms with E-state index in [1.165, 1.54) is 0 Å². The molecule has 0 aliphatic heterocycles. The summed E-state index contributed by atoms with van der Waals surface area (Å²) in [6.45, 7) is 7.49. The molecule has 0 spiro atoms. The van der Waals surface area contributed by atoms with Crippen molar-refractivity contribution < 1.29 is 24.1 Å². The van der Waals surface area contributed by atoms with Crippen molar-refractivity contribution in [2.24, 2.45) is 0 Å². The van der Waals surface area contributed by atoms with Crippen molar-refractivity contribution in [2.45, 2.75) is 32.7 Å². The van der Waals surface area contributed by atoms with E-state index in [9.17, 15) is 9.90 Å². The summed E-state index contributed by atoms with van der Waals surface area (Å²) in [6, 6.07) is 7.41. The van der Waals surface area contributed by atoms with Gasteiger partial charge in [-0.1, -0.05) is 18.7 Å². The van der Waals surface area contributed by atoms with Crippen LogP contribution in [0.2, 0.25) is 0 Å². The summed E-state index contributed by atoms with van der Waals surface area (Å²) in [5.74, 6) is 0.160. The third-order valence-corrected chi connectivity index (χ3v) is 3.01. The van der Waals surface area contributed by atoms with Gasteiger partial charge in [-0.25, -0.2) is 4.79 Å². The lowest BCUT2D eigenvalue weighted by Gasteiger charge is -2.20. The molecule has 1 N–H and O–H groups in total. The Labute approximate surface area is 125 Å². The molecule has 0 amide bonds. The maximum absolute atomic E-state index is 11.5. The van der Waals surface area contributed by atoms with Gasteiger partial charge in [-0.3, -0.25) is 0 Å². The Hall–Kier alpha value is -1.85. The van der Waals surface area contributed by atoms with Crippen molar-refractivity contribution in [3.05, 3.63) is 42.0 Å². The second kappa shape index (κ2) is 8.44. The maximum Gasteiger partial charge on any atom is 0.336 e. The Morgan fingerprint density at radius 3 is 2.48 bits per heavy atom. The summed E-state index contributed by atoms with van der Waals surface area (Å²) >= 11 is 0. The van der Waals surface area contributed by atoms with Crippen LogP contribution in [0.1, 0.15) is 19.4 Å². The van der Waals surface area contributed by atoms with E-state index < -0.39 is 18.2 Å². The third kappa shape index (κ3) is 5.21. The predicted octanol–water partition coefficient (Wildman–Crippen LogP) is 2.08. The first-order valence-electron chi connectivity index (χ1n) is 6.78. The Bertz CT molecular complexity index is 466. The lowest BCUT2D eigenvalue weighted by atomic mass is 10.1. The van der Waals surface area contributed by atoms with Gasteiger partial charge in [-0.05, 0) is 31.5 Å². The van der Waals surface area contributed by atoms with Crippen molar-refractivity contribution >= 4 is 5.97 Å². The van der Waals surface area contributed by atoms with Crippen molar-refractivity contribution in [1.29, 1.82) is 0 Å². The molecule has 1 rings (SSSR count). The molecule has 1 aromatic carbocycles. The van der Waals surface area contributed by atoms with Crippen LogP contribution in [-0.2, 0) is 20.9 Å². The normalized spacial score (nSPS) is 13.3. The Kier molecular flexibility index (Phi) is 6.91. The number of carbonyl (C=O) groups excluding carboxylic acids is 1. The van der Waals surface area contributed by atoms with Crippen molar-refractivity contribution in [2.75, 3.05) is 13.7 Å². The molecule has 0 bridgehead atoms. The molecule has 0 aliphatic carbocycles. The van der Waals surface area contributed by atoms with Crippen LogP contribution in [0, 0.1) is 0 Å². The van der Waals surface area contributed by atoms with Gasteiger partial charge in [0.2, 0.25) is 0 Å². The summed E-state index contributed by atoms with van der Waals surface area (Å²) in [7, 11) is 1.60. The third-order valence-electron chi connectivity index (χ3n) is 3.01. The van der Waals surface area contributed by atoms with Gasteiger partial charge < -0.3 is 19.3 Å². The molecule has 1 aromatic rings. The maximum atomic E-state index is 11.5. The zero-order chi connectivity index (χ0) is 15.8. The summed E-state index contributed by atoms with van der Waals surface area (Å²) in [4.78, 5) is 11.5. The van der Waals surface area contributed by atoms with Crippen molar-refractivity contribution in [3.63, 3.8) is 0 Å². The number of aliphatic hydroxyl groups is 1. The van der Waals surface area contributed by atoms with Gasteiger partial charge in [-0.2, -0.15) is 0 Å². The second-order valence-electron chi connectivity index (χ2n) is 4.55. The highest BCUT2D eigenvalue weighted by molar-refractivity contribution is 5.88. The molecule has 5 heteroatoms. The average Bonchev–Trinajstić information content (AvgIpc) is 2.51. The minimum absolute atomic E-state index is 0.000851. The number of aliphatic hydroxyl groups excluding tert-OH is 1. The molecule has 0 aliphatic rings. The highest BCUT2D eigenvalue weighted by Gasteiger charge is 2.24. The minimum atomic E-state index is -1.10. The van der Waals surface area contributed by atoms with Crippen LogP contribution in [0.5, 0.6) is 5.75 Å². The summed E-state index contributed by atoms with van der Waals surface area (Å²) in [6.07, 6.45) is -1.66. The molecule has 0 aromatic heterocycles. The first-order chi connectivity index (χ1) is 9.99. The largest absolute Gasteiger partial charge is 0.497 e. The number of esters is 1. The lowest BCUT2D eigenvalue weighted by molar-refractivity contribution is -0.140. The van der Waals surface area contributed by atoms with Crippen LogP contribution >= 0.6 is 0 Å². The molecule has 116 valence electrons. The van der Waals surface area contributed by atoms with Crippen molar-refractivity contribution in [1.82, 2.24) is 0 Å². The molecule has 0 heterocycles. The summed E-state index contributed by atoms with van der Waals surface area (Å²) in [5, 5.41) is 10.00. The van der Waals surface area contributed by atoms with E-state index in [1.54, 1.807) is 21.0 Å². The first-order valence-corrected chi connectivity index (χ1v) is 6.78. The second-order valence-corrected chi connectivity index (χ2v) is 4.55. The number of benzene rings is 1. The molecule has 21 heavy (non-hydrogen) atoms. The number of hydrogen-bond acceptors (Lipinski definition) is 5. The average molecular weight is 294 g/mol. The van der Waals surface area contributed by atoms with Gasteiger partial charge in [-0.15, -0.1) is 0 Å². The van der Waals surface area contributed by atoms with Gasteiger partial charge in [0, 0.05) is 0 Å². The van der Waals surface area contributed by atoms with Crippen LogP contribution in [0.25, 0.3) is 0 Å². The number of rotatable bonds is 8. The molecular weight excluding hydrogens is 272 g/mol. The number of ether oxygens (including phenoxy) is 3. The van der Waals surface area contributed by atoms with Crippen LogP contribution in [-0.4, -0.2) is 37.0 Å². The van der Waals surface area contributed by atoms with Crippen LogP contribution in [0.4, 0.5) is 0 Å². The van der Waals surface area contributed by atoms with E-state index in [0.29, 0.717) is 6.61 Å². The quantitative estimate of drug-likeness (QED) is 0.587. The summed E-state index contributed by atoms with van der Waals surface area (Å²) in [5.41, 5.74) is 0.940. The van der Waals surface area contributed by atoms with Crippen LogP contribution in [0.15, 0.2) is 36.4 Å². The molecule has 0 unspecified atom stereocenters. The predicted molar refractivity (Wildman–Crippen MR) is 79.0 cm³/mol. The van der Waals surface area contributed by atoms with Gasteiger partial charge in [0.1, 0.15) is 11.9 Å². The Morgan fingerprint density at radius 2 is 1.95 bits per heavy atom. The number of carbonyl (C=O) groups is 1. The molecule has 2 atom stereocenters. The fourth-order valence-corrected chi connectivity index (χ4v) is 1.67. The van der Waals surface area contributed by atoms with E-state index >= 15 is 0 Å². The minimum Gasteiger partial charge on any atom is -0.497 e. The van der Waals surface area contributed by atoms with E-state index in [4.69, 9.17) is 14.2 Å². The van der Waals surface area contributed by atoms with Gasteiger partial charge in [0.15, 0.2) is 0 Å². The van der Waals surface area contributed by atoms with Gasteiger partial charge in [0.25, 0.3) is 0 Å². The van der Waals surface area contributed by atoms with Crippen LogP contribution < -0.4 is 4.74 Å². The fraction of sp³-hybridized carbons (Fsp3) is 0.438. The van der Waals surface area contributed by atoms with Gasteiger partial charge >= 0.3 is 5.97 Å². The standard InChI is InChI=1S/C16H22O5/c1-5-20-16(18)11(2)15(17)12(3)21-10-13-6-8-14(19-4)9-7-13/h6-9,12,15,17H,2,5,10H2,1,3-4H3/t12-,15+/m1/s1. The van der Waals surface area contributed by atoms with Crippen LogP contribution in [0.3, 0.4) is 0 Å². The highest BCUT2D eigenvalue weighted by Crippen LogP contribution is 2.15. The van der Waals surface area contributed by atoms with Crippen molar-refractivity contribution in [3.8, 4) is 5.75 Å². The zero-order valence-corrected chi connectivity index (χ0v) is 12.7. The molecule has 0 fully saturated rings. The number of hydrogen-bond donors (Lipinski definition) is 1. The van der Waals surface area contributed by atoms with E-state index in [0.717, 1.165) is 11.3 Å². The first kappa shape index (κ1) is 17.2. The SMILES string of the molecule is C=C(C(=O)OCC)[C@H](O)[C@@H](C)OCc1ccc(OC)cc1. The number of methoxy groups -OCH3 is 1. The zero-order valence-electron chi connectivity index (χ0n) is 12.7. The fourth-order valence-electron chi connectivity index (χ4n) is 1.67. The monoisotopic (exact) mass is 294 g/mol. The molecule has 0 radical (unpaired) electrons. The smallest absolute Gasteiger partial charge is 0.336 e.